The number of hydrogen-bond donors (Lipinski definition) is 0. The molecule has 4 nitrogen and oxygen atoms in total. The van der Waals surface area contributed by atoms with Gasteiger partial charge in [-0.15, -0.1) is 11.3 Å². The van der Waals surface area contributed by atoms with Gasteiger partial charge in [-0.2, -0.15) is 0 Å². The average Bonchev–Trinajstić information content (AvgIpc) is 3.86. The van der Waals surface area contributed by atoms with E-state index < -0.39 is 0 Å². The van der Waals surface area contributed by atoms with E-state index >= 15 is 0 Å². The summed E-state index contributed by atoms with van der Waals surface area (Å²) < 4.78 is 14.4. The lowest BCUT2D eigenvalue weighted by molar-refractivity contribution is 0.654. The molecule has 0 aliphatic rings. The molecule has 0 radical (unpaired) electrons. The molecule has 5 heterocycles. The molecule has 0 atom stereocenters. The van der Waals surface area contributed by atoms with E-state index in [0.29, 0.717) is 5.71 Å². The number of para-hydroxylation sites is 2. The monoisotopic (exact) mass is 582 g/mol. The van der Waals surface area contributed by atoms with Crippen LogP contribution in [-0.2, 0) is 0 Å². The Hall–Kier alpha value is -5.65. The van der Waals surface area contributed by atoms with Gasteiger partial charge in [0.1, 0.15) is 16.7 Å². The Labute approximate surface area is 255 Å². The fraction of sp³-hybridized carbons (Fsp3) is 0. The smallest absolute Gasteiger partial charge is 0.227 e. The van der Waals surface area contributed by atoms with Crippen molar-refractivity contribution in [1.82, 2.24) is 9.55 Å². The van der Waals surface area contributed by atoms with Crippen LogP contribution in [-0.4, -0.2) is 9.55 Å². The molecule has 0 saturated heterocycles. The van der Waals surface area contributed by atoms with Crippen molar-refractivity contribution < 1.29 is 8.83 Å². The normalized spacial score (nSPS) is 12.1. The molecule has 0 amide bonds. The first-order valence-corrected chi connectivity index (χ1v) is 15.4. The minimum atomic E-state index is 0.667. The zero-order valence-corrected chi connectivity index (χ0v) is 24.1. The fourth-order valence-corrected chi connectivity index (χ4v) is 7.67. The minimum Gasteiger partial charge on any atom is -0.456 e. The first-order chi connectivity index (χ1) is 21.8. The largest absolute Gasteiger partial charge is 0.456 e. The third-order valence-corrected chi connectivity index (χ3v) is 9.90. The van der Waals surface area contributed by atoms with Crippen LogP contribution in [0.25, 0.3) is 92.4 Å². The van der Waals surface area contributed by atoms with E-state index in [9.17, 15) is 0 Å². The highest BCUT2D eigenvalue weighted by Gasteiger charge is 2.16. The van der Waals surface area contributed by atoms with Gasteiger partial charge in [0.25, 0.3) is 0 Å². The fourth-order valence-electron chi connectivity index (χ4n) is 6.67. The van der Waals surface area contributed by atoms with Crippen LogP contribution in [0.2, 0.25) is 0 Å². The number of rotatable bonds is 3. The zero-order chi connectivity index (χ0) is 28.8. The second-order valence-corrected chi connectivity index (χ2v) is 12.3. The van der Waals surface area contributed by atoms with Crippen LogP contribution < -0.4 is 0 Å². The van der Waals surface area contributed by atoms with Crippen molar-refractivity contribution >= 4 is 77.2 Å². The third kappa shape index (κ3) is 3.41. The topological polar surface area (TPSA) is 44.1 Å². The second kappa shape index (κ2) is 8.93. The van der Waals surface area contributed by atoms with Crippen LogP contribution in [0.4, 0.5) is 0 Å². The Morgan fingerprint density at radius 1 is 0.477 bits per heavy atom. The molecule has 0 fully saturated rings. The lowest BCUT2D eigenvalue weighted by atomic mass is 10.1. The van der Waals surface area contributed by atoms with Gasteiger partial charge in [-0.1, -0.05) is 42.5 Å². The van der Waals surface area contributed by atoms with Crippen molar-refractivity contribution in [3.63, 3.8) is 0 Å². The quantitative estimate of drug-likeness (QED) is 0.208. The van der Waals surface area contributed by atoms with Gasteiger partial charge in [0.05, 0.1) is 11.0 Å². The van der Waals surface area contributed by atoms with Crippen LogP contribution >= 0.6 is 11.3 Å². The van der Waals surface area contributed by atoms with E-state index in [4.69, 9.17) is 8.83 Å². The van der Waals surface area contributed by atoms with Crippen molar-refractivity contribution in [2.75, 3.05) is 0 Å². The number of thiophene rings is 1. The van der Waals surface area contributed by atoms with Crippen LogP contribution in [0, 0.1) is 0 Å². The molecule has 0 aliphatic carbocycles. The average molecular weight is 583 g/mol. The van der Waals surface area contributed by atoms with E-state index in [0.717, 1.165) is 44.0 Å². The van der Waals surface area contributed by atoms with Gasteiger partial charge in [-0.3, -0.25) is 0 Å². The van der Waals surface area contributed by atoms with Gasteiger partial charge in [-0.05, 0) is 96.1 Å². The first-order valence-electron chi connectivity index (χ1n) is 14.6. The lowest BCUT2D eigenvalue weighted by Crippen LogP contribution is -1.93. The highest BCUT2D eigenvalue weighted by molar-refractivity contribution is 7.18. The van der Waals surface area contributed by atoms with Crippen molar-refractivity contribution in [3.8, 4) is 26.6 Å². The van der Waals surface area contributed by atoms with Gasteiger partial charge in [0.15, 0.2) is 0 Å². The van der Waals surface area contributed by atoms with E-state index in [1.165, 1.54) is 42.7 Å². The Balaban J connectivity index is 1.10. The number of aromatic nitrogens is 2. The summed E-state index contributed by atoms with van der Waals surface area (Å²) in [6.07, 6.45) is 1.77. The Morgan fingerprint density at radius 3 is 2.05 bits per heavy atom. The minimum absolute atomic E-state index is 0.667. The summed E-state index contributed by atoms with van der Waals surface area (Å²) in [4.78, 5) is 6.90. The molecule has 5 heteroatoms. The highest BCUT2D eigenvalue weighted by atomic mass is 32.1. The summed E-state index contributed by atoms with van der Waals surface area (Å²) in [5, 5.41) is 6.87. The second-order valence-electron chi connectivity index (χ2n) is 11.2. The summed E-state index contributed by atoms with van der Waals surface area (Å²) in [7, 11) is 0. The lowest BCUT2D eigenvalue weighted by Gasteiger charge is -2.08. The first kappa shape index (κ1) is 23.9. The van der Waals surface area contributed by atoms with Crippen molar-refractivity contribution in [1.29, 1.82) is 0 Å². The number of nitrogens with zero attached hydrogens (tertiary/aromatic N) is 2. The van der Waals surface area contributed by atoms with Gasteiger partial charge < -0.3 is 13.4 Å². The predicted molar refractivity (Wildman–Crippen MR) is 182 cm³/mol. The molecule has 10 rings (SSSR count). The molecular weight excluding hydrogens is 561 g/mol. The Bertz CT molecular complexity index is 2740. The van der Waals surface area contributed by atoms with Gasteiger partial charge in [-0.25, -0.2) is 4.98 Å². The van der Waals surface area contributed by atoms with Gasteiger partial charge in [0.2, 0.25) is 5.71 Å². The summed E-state index contributed by atoms with van der Waals surface area (Å²) in [6, 6.07) is 45.1. The predicted octanol–water partition coefficient (Wildman–Crippen LogP) is 11.4. The van der Waals surface area contributed by atoms with Crippen molar-refractivity contribution in [3.05, 3.63) is 134 Å². The maximum atomic E-state index is 6.06. The van der Waals surface area contributed by atoms with E-state index in [2.05, 4.69) is 119 Å². The van der Waals surface area contributed by atoms with Gasteiger partial charge in [0, 0.05) is 54.0 Å². The maximum Gasteiger partial charge on any atom is 0.227 e. The Morgan fingerprint density at radius 2 is 1.14 bits per heavy atom. The molecule has 5 aromatic carbocycles. The molecule has 10 aromatic rings. The van der Waals surface area contributed by atoms with Crippen LogP contribution in [0.3, 0.4) is 0 Å². The molecule has 0 bridgehead atoms. The summed E-state index contributed by atoms with van der Waals surface area (Å²) in [6.45, 7) is 0. The van der Waals surface area contributed by atoms with Crippen LogP contribution in [0.15, 0.2) is 142 Å². The number of benzene rings is 5. The molecule has 0 aliphatic heterocycles. The molecule has 0 saturated carbocycles. The number of pyridine rings is 1. The van der Waals surface area contributed by atoms with Crippen molar-refractivity contribution in [2.45, 2.75) is 0 Å². The molecule has 206 valence electrons. The summed E-state index contributed by atoms with van der Waals surface area (Å²) in [5.74, 6) is 0. The highest BCUT2D eigenvalue weighted by Crippen LogP contribution is 2.41. The molecular formula is C39H22N2O2S. The van der Waals surface area contributed by atoms with Gasteiger partial charge >= 0.3 is 0 Å². The molecule has 0 unspecified atom stereocenters. The van der Waals surface area contributed by atoms with Crippen molar-refractivity contribution in [2.24, 2.45) is 0 Å². The standard InChI is InChI=1S/C39H22N2O2S/c1-3-9-32-26(6-1)29-20-23(11-14-33(29)41(32)25-13-16-36-31(22-25)28-8-5-19-40-39(28)43-36)37-17-18-38(44-37)24-12-15-35-30(21-24)27-7-2-4-10-34(27)42-35/h1-22H. The number of furan rings is 2. The molecule has 44 heavy (non-hydrogen) atoms. The molecule has 0 N–H and O–H groups in total. The molecule has 5 aromatic heterocycles. The maximum absolute atomic E-state index is 6.06. The SMILES string of the molecule is c1ccc2c(c1)oc1ccc(-c3ccc(-c4ccc5c(c4)c4ccccc4n5-c4ccc5oc6ncccc6c5c4)s3)cc12. The zero-order valence-electron chi connectivity index (χ0n) is 23.3. The summed E-state index contributed by atoms with van der Waals surface area (Å²) >= 11 is 1.82. The molecule has 0 spiro atoms. The van der Waals surface area contributed by atoms with E-state index in [-0.39, 0.29) is 0 Å². The number of hydrogen-bond acceptors (Lipinski definition) is 4. The third-order valence-electron chi connectivity index (χ3n) is 8.71. The summed E-state index contributed by atoms with van der Waals surface area (Å²) in [5.41, 5.74) is 9.23. The van der Waals surface area contributed by atoms with E-state index in [1.807, 2.05) is 29.5 Å². The van der Waals surface area contributed by atoms with Crippen LogP contribution in [0.5, 0.6) is 0 Å². The Kier molecular flexibility index (Phi) is 4.84. The number of fused-ring (bicyclic) bond motifs is 9. The van der Waals surface area contributed by atoms with Crippen LogP contribution in [0.1, 0.15) is 0 Å². The van der Waals surface area contributed by atoms with E-state index in [1.54, 1.807) is 6.20 Å².